The van der Waals surface area contributed by atoms with Gasteiger partial charge in [-0.05, 0) is 23.8 Å². The van der Waals surface area contributed by atoms with Crippen molar-refractivity contribution in [3.8, 4) is 16.8 Å². The van der Waals surface area contributed by atoms with Crippen LogP contribution in [0.25, 0.3) is 16.8 Å². The van der Waals surface area contributed by atoms with Crippen LogP contribution in [-0.4, -0.2) is 39.5 Å². The van der Waals surface area contributed by atoms with Gasteiger partial charge in [-0.3, -0.25) is 4.79 Å². The number of pyridine rings is 1. The summed E-state index contributed by atoms with van der Waals surface area (Å²) in [5.74, 6) is 0.459. The van der Waals surface area contributed by atoms with Gasteiger partial charge in [0.25, 0.3) is 0 Å². The van der Waals surface area contributed by atoms with Crippen LogP contribution in [0.5, 0.6) is 0 Å². The molecule has 0 aliphatic carbocycles. The quantitative estimate of drug-likeness (QED) is 0.742. The summed E-state index contributed by atoms with van der Waals surface area (Å²) >= 11 is 6.26. The Hall–Kier alpha value is -2.93. The molecule has 0 bridgehead atoms. The number of aromatic nitrogens is 4. The van der Waals surface area contributed by atoms with Crippen molar-refractivity contribution in [1.82, 2.24) is 25.3 Å². The van der Waals surface area contributed by atoms with E-state index in [2.05, 4.69) is 25.8 Å². The summed E-state index contributed by atoms with van der Waals surface area (Å²) in [5.41, 5.74) is 2.61. The summed E-state index contributed by atoms with van der Waals surface area (Å²) in [6.45, 7) is 0.147. The first kappa shape index (κ1) is 15.9. The molecule has 0 fully saturated rings. The van der Waals surface area contributed by atoms with Gasteiger partial charge in [0.05, 0.1) is 29.6 Å². The summed E-state index contributed by atoms with van der Waals surface area (Å²) in [5, 5.41) is 14.2. The van der Waals surface area contributed by atoms with Gasteiger partial charge >= 0.3 is 0 Å². The van der Waals surface area contributed by atoms with Crippen molar-refractivity contribution in [2.24, 2.45) is 0 Å². The van der Waals surface area contributed by atoms with Gasteiger partial charge in [0.15, 0.2) is 0 Å². The predicted octanol–water partition coefficient (Wildman–Crippen LogP) is 2.14. The van der Waals surface area contributed by atoms with Gasteiger partial charge in [-0.15, -0.1) is 0 Å². The van der Waals surface area contributed by atoms with Crippen molar-refractivity contribution in [3.05, 3.63) is 53.9 Å². The van der Waals surface area contributed by atoms with E-state index in [1.54, 1.807) is 25.6 Å². The smallest absolute Gasteiger partial charge is 0.239 e. The maximum absolute atomic E-state index is 11.3. The number of carbonyl (C=O) groups excluding carboxylic acids is 1. The molecule has 0 unspecified atom stereocenters. The lowest BCUT2D eigenvalue weighted by Crippen LogP contribution is -2.26. The summed E-state index contributed by atoms with van der Waals surface area (Å²) in [4.78, 5) is 17.0. The summed E-state index contributed by atoms with van der Waals surface area (Å²) in [6.07, 6.45) is 4.81. The monoisotopic (exact) mass is 342 g/mol. The molecule has 24 heavy (non-hydrogen) atoms. The largest absolute Gasteiger partial charge is 0.361 e. The molecule has 7 nitrogen and oxygen atoms in total. The lowest BCUT2D eigenvalue weighted by Gasteiger charge is -2.09. The molecular weight excluding hydrogens is 328 g/mol. The molecule has 1 amide bonds. The second kappa shape index (κ2) is 7.10. The number of nitrogens with one attached hydrogen (secondary N) is 2. The first-order valence-electron chi connectivity index (χ1n) is 7.24. The molecule has 1 aromatic carbocycles. The number of hydrogen-bond donors (Lipinski definition) is 2. The highest BCUT2D eigenvalue weighted by Crippen LogP contribution is 2.29. The van der Waals surface area contributed by atoms with Crippen LogP contribution in [0.4, 0.5) is 5.82 Å². The van der Waals surface area contributed by atoms with E-state index in [0.717, 1.165) is 16.8 Å². The average molecular weight is 343 g/mol. The van der Waals surface area contributed by atoms with E-state index in [1.165, 1.54) is 4.80 Å². The van der Waals surface area contributed by atoms with Crippen LogP contribution in [0.15, 0.2) is 48.9 Å². The Morgan fingerprint density at radius 1 is 1.21 bits per heavy atom. The third-order valence-electron chi connectivity index (χ3n) is 3.39. The van der Waals surface area contributed by atoms with Gasteiger partial charge in [0.1, 0.15) is 5.82 Å². The van der Waals surface area contributed by atoms with Crippen LogP contribution in [0.3, 0.4) is 0 Å². The molecule has 2 aromatic heterocycles. The molecule has 122 valence electrons. The fourth-order valence-electron chi connectivity index (χ4n) is 2.14. The zero-order valence-corrected chi connectivity index (χ0v) is 13.7. The van der Waals surface area contributed by atoms with E-state index in [1.807, 2.05) is 30.3 Å². The minimum Gasteiger partial charge on any atom is -0.361 e. The number of halogens is 1. The van der Waals surface area contributed by atoms with E-state index < -0.39 is 0 Å². The highest BCUT2D eigenvalue weighted by molar-refractivity contribution is 6.33. The van der Waals surface area contributed by atoms with Crippen LogP contribution in [0.1, 0.15) is 0 Å². The van der Waals surface area contributed by atoms with Gasteiger partial charge in [-0.1, -0.05) is 23.7 Å². The van der Waals surface area contributed by atoms with Crippen LogP contribution in [0.2, 0.25) is 5.02 Å². The van der Waals surface area contributed by atoms with Crippen LogP contribution in [-0.2, 0) is 4.79 Å². The molecule has 0 radical (unpaired) electrons. The third kappa shape index (κ3) is 3.52. The molecule has 8 heteroatoms. The SMILES string of the molecule is CNC(=O)CNc1cc(-c2ccc(-n3nccn3)cc2)c(Cl)cn1. The second-order valence-corrected chi connectivity index (χ2v) is 5.35. The molecule has 0 atom stereocenters. The Kier molecular flexibility index (Phi) is 4.72. The van der Waals surface area contributed by atoms with E-state index in [9.17, 15) is 4.79 Å². The number of nitrogens with zero attached hydrogens (tertiary/aromatic N) is 4. The fourth-order valence-corrected chi connectivity index (χ4v) is 2.35. The highest BCUT2D eigenvalue weighted by atomic mass is 35.5. The van der Waals surface area contributed by atoms with Gasteiger partial charge in [0.2, 0.25) is 5.91 Å². The van der Waals surface area contributed by atoms with Crippen molar-refractivity contribution in [2.45, 2.75) is 0 Å². The first-order chi connectivity index (χ1) is 11.7. The summed E-state index contributed by atoms with van der Waals surface area (Å²) < 4.78 is 0. The van der Waals surface area contributed by atoms with Gasteiger partial charge in [0, 0.05) is 18.8 Å². The Morgan fingerprint density at radius 3 is 2.58 bits per heavy atom. The number of rotatable bonds is 5. The summed E-state index contributed by atoms with van der Waals surface area (Å²) in [6, 6.07) is 9.49. The number of amides is 1. The van der Waals surface area contributed by atoms with Crippen molar-refractivity contribution in [2.75, 3.05) is 18.9 Å². The Morgan fingerprint density at radius 2 is 1.92 bits per heavy atom. The maximum Gasteiger partial charge on any atom is 0.239 e. The van der Waals surface area contributed by atoms with E-state index in [4.69, 9.17) is 11.6 Å². The predicted molar refractivity (Wildman–Crippen MR) is 92.2 cm³/mol. The van der Waals surface area contributed by atoms with Crippen LogP contribution in [0, 0.1) is 0 Å². The minimum absolute atomic E-state index is 0.121. The number of likely N-dealkylation sites (N-methyl/N-ethyl adjacent to an activating group) is 1. The normalized spacial score (nSPS) is 10.4. The van der Waals surface area contributed by atoms with Gasteiger partial charge in [-0.2, -0.15) is 15.0 Å². The molecule has 0 aliphatic rings. The van der Waals surface area contributed by atoms with Crippen LogP contribution < -0.4 is 10.6 Å². The summed E-state index contributed by atoms with van der Waals surface area (Å²) in [7, 11) is 1.58. The zero-order valence-electron chi connectivity index (χ0n) is 12.9. The third-order valence-corrected chi connectivity index (χ3v) is 3.69. The van der Waals surface area contributed by atoms with Gasteiger partial charge < -0.3 is 10.6 Å². The van der Waals surface area contributed by atoms with Crippen molar-refractivity contribution in [3.63, 3.8) is 0 Å². The molecule has 3 rings (SSSR count). The average Bonchev–Trinajstić information content (AvgIpc) is 3.15. The van der Waals surface area contributed by atoms with Crippen LogP contribution >= 0.6 is 11.6 Å². The number of anilines is 1. The Balaban J connectivity index is 1.84. The number of carbonyl (C=O) groups is 1. The second-order valence-electron chi connectivity index (χ2n) is 4.94. The topological polar surface area (TPSA) is 84.7 Å². The van der Waals surface area contributed by atoms with E-state index >= 15 is 0 Å². The minimum atomic E-state index is -0.121. The molecule has 0 aliphatic heterocycles. The molecule has 0 saturated heterocycles. The number of hydrogen-bond acceptors (Lipinski definition) is 5. The van der Waals surface area contributed by atoms with Crippen molar-refractivity contribution in [1.29, 1.82) is 0 Å². The Labute approximate surface area is 143 Å². The van der Waals surface area contributed by atoms with Crippen molar-refractivity contribution < 1.29 is 4.79 Å². The Bertz CT molecular complexity index is 832. The molecule has 0 saturated carbocycles. The van der Waals surface area contributed by atoms with Crippen molar-refractivity contribution >= 4 is 23.3 Å². The lowest BCUT2D eigenvalue weighted by atomic mass is 10.1. The molecular formula is C16H15ClN6O. The molecule has 2 heterocycles. The maximum atomic E-state index is 11.3. The zero-order chi connectivity index (χ0) is 16.9. The standard InChI is InChI=1S/C16H15ClN6O/c1-18-16(24)10-20-15-8-13(14(17)9-19-15)11-2-4-12(5-3-11)23-21-6-7-22-23/h2-9H,10H2,1H3,(H,18,24)(H,19,20). The first-order valence-corrected chi connectivity index (χ1v) is 7.62. The molecule has 2 N–H and O–H groups in total. The number of benzene rings is 1. The lowest BCUT2D eigenvalue weighted by molar-refractivity contribution is -0.118. The van der Waals surface area contributed by atoms with E-state index in [0.29, 0.717) is 10.8 Å². The van der Waals surface area contributed by atoms with E-state index in [-0.39, 0.29) is 12.5 Å². The fraction of sp³-hybridized carbons (Fsp3) is 0.125. The molecule has 0 spiro atoms. The molecule has 3 aromatic rings. The van der Waals surface area contributed by atoms with Gasteiger partial charge in [-0.25, -0.2) is 4.98 Å². The highest BCUT2D eigenvalue weighted by Gasteiger charge is 2.08.